The summed E-state index contributed by atoms with van der Waals surface area (Å²) < 4.78 is 40.9. The summed E-state index contributed by atoms with van der Waals surface area (Å²) in [5, 5.41) is 11.7. The number of carboxylic acids is 1. The summed E-state index contributed by atoms with van der Waals surface area (Å²) >= 11 is 0. The van der Waals surface area contributed by atoms with E-state index >= 15 is 0 Å². The number of carbonyl (C=O) groups is 2. The number of carbonyl (C=O) groups excluding carboxylic acids is 1. The van der Waals surface area contributed by atoms with E-state index < -0.39 is 12.1 Å². The number of hydrogen-bond acceptors (Lipinski definition) is 5. The molecule has 0 saturated heterocycles. The summed E-state index contributed by atoms with van der Waals surface area (Å²) in [7, 11) is 1.92. The molecule has 4 heterocycles. The number of aromatic nitrogens is 4. The molecule has 0 aromatic carbocycles. The molecule has 9 nitrogen and oxygen atoms in total. The monoisotopic (exact) mass is 425 g/mol. The lowest BCUT2D eigenvalue weighted by Gasteiger charge is -2.15. The molecular formula is C18H18F3N5O4. The Labute approximate surface area is 168 Å². The molecule has 0 spiro atoms. The van der Waals surface area contributed by atoms with E-state index in [0.717, 1.165) is 22.5 Å². The van der Waals surface area contributed by atoms with Crippen molar-refractivity contribution in [1.29, 1.82) is 0 Å². The first-order valence-corrected chi connectivity index (χ1v) is 8.70. The zero-order valence-electron chi connectivity index (χ0n) is 16.0. The number of furan rings is 1. The first kappa shape index (κ1) is 21.1. The Morgan fingerprint density at radius 1 is 1.30 bits per heavy atom. The fourth-order valence-corrected chi connectivity index (χ4v) is 3.03. The molecule has 1 amide bonds. The third-order valence-corrected chi connectivity index (χ3v) is 4.53. The second-order valence-electron chi connectivity index (χ2n) is 6.63. The van der Waals surface area contributed by atoms with E-state index in [4.69, 9.17) is 14.3 Å². The topological polar surface area (TPSA) is 106 Å². The van der Waals surface area contributed by atoms with Crippen molar-refractivity contribution in [3.8, 4) is 0 Å². The van der Waals surface area contributed by atoms with Gasteiger partial charge < -0.3 is 19.0 Å². The van der Waals surface area contributed by atoms with Crippen LogP contribution in [0.15, 0.2) is 35.5 Å². The van der Waals surface area contributed by atoms with Crippen LogP contribution in [0.4, 0.5) is 13.2 Å². The molecule has 0 fully saturated rings. The van der Waals surface area contributed by atoms with Crippen LogP contribution in [0, 0.1) is 6.92 Å². The van der Waals surface area contributed by atoms with Crippen LogP contribution >= 0.6 is 0 Å². The lowest BCUT2D eigenvalue weighted by atomic mass is 10.2. The number of amides is 1. The van der Waals surface area contributed by atoms with Crippen LogP contribution in [-0.2, 0) is 31.5 Å². The van der Waals surface area contributed by atoms with Crippen molar-refractivity contribution in [1.82, 2.24) is 24.2 Å². The Hall–Kier alpha value is -3.57. The fraction of sp³-hybridized carbons (Fsp3) is 0.333. The van der Waals surface area contributed by atoms with E-state index in [1.807, 2.05) is 35.5 Å². The Kier molecular flexibility index (Phi) is 5.67. The molecule has 160 valence electrons. The molecule has 0 bridgehead atoms. The van der Waals surface area contributed by atoms with Crippen LogP contribution in [0.2, 0.25) is 0 Å². The fourth-order valence-electron chi connectivity index (χ4n) is 3.03. The second-order valence-corrected chi connectivity index (χ2v) is 6.63. The van der Waals surface area contributed by atoms with E-state index in [-0.39, 0.29) is 5.91 Å². The van der Waals surface area contributed by atoms with Gasteiger partial charge in [0.1, 0.15) is 0 Å². The van der Waals surface area contributed by atoms with Crippen LogP contribution in [0.1, 0.15) is 33.1 Å². The van der Waals surface area contributed by atoms with Crippen molar-refractivity contribution in [3.05, 3.63) is 59.3 Å². The second kappa shape index (κ2) is 8.05. The molecule has 1 aliphatic heterocycles. The molecule has 0 unspecified atom stereocenters. The summed E-state index contributed by atoms with van der Waals surface area (Å²) in [6.45, 7) is 3.66. The first-order valence-electron chi connectivity index (χ1n) is 8.70. The highest BCUT2D eigenvalue weighted by atomic mass is 19.4. The number of fused-ring (bicyclic) bond motifs is 1. The van der Waals surface area contributed by atoms with E-state index in [0.29, 0.717) is 25.4 Å². The molecule has 0 saturated carbocycles. The van der Waals surface area contributed by atoms with Crippen molar-refractivity contribution in [2.45, 2.75) is 32.7 Å². The number of aliphatic carboxylic acids is 1. The number of carboxylic acid groups (broad SMARTS) is 1. The normalized spacial score (nSPS) is 13.0. The molecule has 30 heavy (non-hydrogen) atoms. The van der Waals surface area contributed by atoms with Gasteiger partial charge >= 0.3 is 12.1 Å². The number of nitrogens with zero attached hydrogens (tertiary/aromatic N) is 5. The van der Waals surface area contributed by atoms with Gasteiger partial charge in [-0.25, -0.2) is 9.78 Å². The number of aryl methyl sites for hydroxylation is 2. The molecular weight excluding hydrogens is 407 g/mol. The van der Waals surface area contributed by atoms with E-state index in [1.165, 1.54) is 0 Å². The van der Waals surface area contributed by atoms with Crippen LogP contribution < -0.4 is 0 Å². The minimum atomic E-state index is -5.08. The average molecular weight is 425 g/mol. The van der Waals surface area contributed by atoms with Crippen molar-refractivity contribution >= 4 is 11.9 Å². The lowest BCUT2D eigenvalue weighted by molar-refractivity contribution is -0.192. The number of halogens is 3. The Bertz CT molecular complexity index is 1050. The minimum Gasteiger partial charge on any atom is -0.475 e. The quantitative estimate of drug-likeness (QED) is 0.691. The van der Waals surface area contributed by atoms with Crippen LogP contribution in [0.3, 0.4) is 0 Å². The van der Waals surface area contributed by atoms with Gasteiger partial charge in [-0.3, -0.25) is 9.48 Å². The maximum atomic E-state index is 12.6. The largest absolute Gasteiger partial charge is 0.490 e. The third kappa shape index (κ3) is 4.36. The molecule has 0 aliphatic carbocycles. The standard InChI is InChI=1S/C16H17N5O2.C2HF3O2/c1-11-3-6-23-15(11)16(22)21-7-12-13(8-20-5-4-17-10-20)18-19(2)14(12)9-21;3-2(4,5)1(6)7/h3-6,10H,7-9H2,1-2H3;(H,6,7). The number of imidazole rings is 1. The third-order valence-electron chi connectivity index (χ3n) is 4.53. The van der Waals surface area contributed by atoms with Crippen molar-refractivity contribution < 1.29 is 32.3 Å². The molecule has 3 aromatic rings. The molecule has 3 aromatic heterocycles. The highest BCUT2D eigenvalue weighted by Gasteiger charge is 2.38. The van der Waals surface area contributed by atoms with Crippen molar-refractivity contribution in [2.75, 3.05) is 0 Å². The Morgan fingerprint density at radius 3 is 2.53 bits per heavy atom. The van der Waals surface area contributed by atoms with Gasteiger partial charge in [-0.2, -0.15) is 18.3 Å². The lowest BCUT2D eigenvalue weighted by Crippen LogP contribution is -2.26. The molecule has 0 radical (unpaired) electrons. The maximum Gasteiger partial charge on any atom is 0.490 e. The highest BCUT2D eigenvalue weighted by Crippen LogP contribution is 2.28. The van der Waals surface area contributed by atoms with Crippen molar-refractivity contribution in [3.63, 3.8) is 0 Å². The average Bonchev–Trinajstić information content (AvgIpc) is 3.43. The zero-order valence-corrected chi connectivity index (χ0v) is 16.0. The van der Waals surface area contributed by atoms with Gasteiger partial charge in [-0.05, 0) is 13.0 Å². The number of hydrogen-bond donors (Lipinski definition) is 1. The predicted molar refractivity (Wildman–Crippen MR) is 95.3 cm³/mol. The SMILES string of the molecule is Cc1ccoc1C(=O)N1Cc2c(Cn3ccnc3)nn(C)c2C1.O=C(O)C(F)(F)F. The Morgan fingerprint density at radius 2 is 2.00 bits per heavy atom. The van der Waals surface area contributed by atoms with E-state index in [9.17, 15) is 18.0 Å². The molecule has 12 heteroatoms. The summed E-state index contributed by atoms with van der Waals surface area (Å²) in [6, 6.07) is 1.81. The summed E-state index contributed by atoms with van der Waals surface area (Å²) in [5.74, 6) is -2.41. The van der Waals surface area contributed by atoms with Crippen LogP contribution in [0.25, 0.3) is 0 Å². The van der Waals surface area contributed by atoms with Gasteiger partial charge in [0.05, 0.1) is 43.6 Å². The van der Waals surface area contributed by atoms with Gasteiger partial charge in [0, 0.05) is 30.6 Å². The smallest absolute Gasteiger partial charge is 0.475 e. The van der Waals surface area contributed by atoms with Gasteiger partial charge in [-0.1, -0.05) is 0 Å². The molecule has 4 rings (SSSR count). The van der Waals surface area contributed by atoms with Gasteiger partial charge in [-0.15, -0.1) is 0 Å². The Balaban J connectivity index is 0.000000318. The maximum absolute atomic E-state index is 12.6. The number of alkyl halides is 3. The molecule has 1 aliphatic rings. The molecule has 1 N–H and O–H groups in total. The minimum absolute atomic E-state index is 0.0720. The van der Waals surface area contributed by atoms with E-state index in [1.54, 1.807) is 23.7 Å². The summed E-state index contributed by atoms with van der Waals surface area (Å²) in [6.07, 6.45) is 1.90. The van der Waals surface area contributed by atoms with Crippen LogP contribution in [0.5, 0.6) is 0 Å². The zero-order chi connectivity index (χ0) is 22.1. The predicted octanol–water partition coefficient (Wildman–Crippen LogP) is 2.36. The van der Waals surface area contributed by atoms with Crippen LogP contribution in [-0.4, -0.2) is 47.4 Å². The number of rotatable bonds is 3. The highest BCUT2D eigenvalue weighted by molar-refractivity contribution is 5.93. The van der Waals surface area contributed by atoms with Gasteiger partial charge in [0.2, 0.25) is 0 Å². The first-order chi connectivity index (χ1) is 14.1. The van der Waals surface area contributed by atoms with Gasteiger partial charge in [0.15, 0.2) is 5.76 Å². The van der Waals surface area contributed by atoms with Gasteiger partial charge in [0.25, 0.3) is 5.91 Å². The summed E-state index contributed by atoms with van der Waals surface area (Å²) in [4.78, 5) is 27.4. The molecule has 0 atom stereocenters. The summed E-state index contributed by atoms with van der Waals surface area (Å²) in [5.41, 5.74) is 4.05. The van der Waals surface area contributed by atoms with E-state index in [2.05, 4.69) is 10.1 Å². The van der Waals surface area contributed by atoms with Crippen molar-refractivity contribution in [2.24, 2.45) is 7.05 Å².